The van der Waals surface area contributed by atoms with E-state index in [0.717, 1.165) is 48.1 Å². The molecule has 0 spiro atoms. The summed E-state index contributed by atoms with van der Waals surface area (Å²) < 4.78 is 0. The van der Waals surface area contributed by atoms with Gasteiger partial charge in [-0.05, 0) is 24.1 Å². The van der Waals surface area contributed by atoms with Crippen LogP contribution in [0.2, 0.25) is 0 Å². The molecule has 2 N–H and O–H groups in total. The standard InChI is InChI=1S/C18H26N4S/c1-18(2,3)13-5-6-14(22-10-8-21(4)9-11-22)16(19)15(13)17-20-7-12-23-17/h5-7,12H,8-11,19H2,1-4H3. The van der Waals surface area contributed by atoms with Gasteiger partial charge in [0.1, 0.15) is 5.01 Å². The summed E-state index contributed by atoms with van der Waals surface area (Å²) in [7, 11) is 2.17. The molecule has 1 fully saturated rings. The van der Waals surface area contributed by atoms with Crippen LogP contribution in [0, 0.1) is 0 Å². The molecule has 124 valence electrons. The highest BCUT2D eigenvalue weighted by atomic mass is 32.1. The molecular formula is C18H26N4S. The van der Waals surface area contributed by atoms with Gasteiger partial charge in [-0.25, -0.2) is 4.98 Å². The first-order valence-electron chi connectivity index (χ1n) is 8.14. The Kier molecular flexibility index (Phi) is 4.34. The van der Waals surface area contributed by atoms with E-state index in [0.29, 0.717) is 0 Å². The smallest absolute Gasteiger partial charge is 0.125 e. The highest BCUT2D eigenvalue weighted by Crippen LogP contribution is 2.42. The molecule has 4 nitrogen and oxygen atoms in total. The van der Waals surface area contributed by atoms with Gasteiger partial charge >= 0.3 is 0 Å². The predicted octanol–water partition coefficient (Wildman–Crippen LogP) is 3.44. The van der Waals surface area contributed by atoms with E-state index >= 15 is 0 Å². The van der Waals surface area contributed by atoms with Crippen molar-refractivity contribution in [2.24, 2.45) is 0 Å². The summed E-state index contributed by atoms with van der Waals surface area (Å²) in [5.74, 6) is 0. The Hall–Kier alpha value is -1.59. The van der Waals surface area contributed by atoms with Gasteiger partial charge in [-0.3, -0.25) is 0 Å². The summed E-state index contributed by atoms with van der Waals surface area (Å²) >= 11 is 1.66. The van der Waals surface area contributed by atoms with E-state index in [1.54, 1.807) is 11.3 Å². The Morgan fingerprint density at radius 3 is 2.39 bits per heavy atom. The first kappa shape index (κ1) is 16.3. The van der Waals surface area contributed by atoms with Crippen LogP contribution in [0.4, 0.5) is 11.4 Å². The molecule has 2 aromatic rings. The van der Waals surface area contributed by atoms with Crippen LogP contribution in [0.25, 0.3) is 10.6 Å². The maximum Gasteiger partial charge on any atom is 0.125 e. The number of rotatable bonds is 2. The maximum absolute atomic E-state index is 6.65. The van der Waals surface area contributed by atoms with Crippen LogP contribution < -0.4 is 10.6 Å². The zero-order valence-electron chi connectivity index (χ0n) is 14.5. The summed E-state index contributed by atoms with van der Waals surface area (Å²) in [6.07, 6.45) is 1.86. The molecule has 0 amide bonds. The van der Waals surface area contributed by atoms with Crippen LogP contribution in [0.15, 0.2) is 23.7 Å². The summed E-state index contributed by atoms with van der Waals surface area (Å²) in [6, 6.07) is 4.43. The average Bonchev–Trinajstić information content (AvgIpc) is 3.01. The van der Waals surface area contributed by atoms with Crippen LogP contribution in [0.3, 0.4) is 0 Å². The molecule has 1 aliphatic heterocycles. The molecule has 0 unspecified atom stereocenters. The third kappa shape index (κ3) is 3.21. The van der Waals surface area contributed by atoms with Crippen molar-refractivity contribution in [3.8, 4) is 10.6 Å². The van der Waals surface area contributed by atoms with Gasteiger partial charge in [0, 0.05) is 43.3 Å². The van der Waals surface area contributed by atoms with Crippen molar-refractivity contribution >= 4 is 22.7 Å². The third-order valence-corrected chi connectivity index (χ3v) is 5.31. The Bertz CT molecular complexity index is 665. The molecule has 1 aromatic heterocycles. The Morgan fingerprint density at radius 1 is 1.13 bits per heavy atom. The summed E-state index contributed by atoms with van der Waals surface area (Å²) in [4.78, 5) is 9.29. The van der Waals surface area contributed by atoms with E-state index in [1.807, 2.05) is 11.6 Å². The van der Waals surface area contributed by atoms with E-state index in [-0.39, 0.29) is 5.41 Å². The number of hydrogen-bond donors (Lipinski definition) is 1. The molecular weight excluding hydrogens is 304 g/mol. The molecule has 3 rings (SSSR count). The number of anilines is 2. The minimum Gasteiger partial charge on any atom is -0.396 e. The van der Waals surface area contributed by atoms with Gasteiger partial charge in [-0.15, -0.1) is 11.3 Å². The maximum atomic E-state index is 6.65. The Labute approximate surface area is 142 Å². The summed E-state index contributed by atoms with van der Waals surface area (Å²) in [6.45, 7) is 10.9. The van der Waals surface area contributed by atoms with Gasteiger partial charge in [-0.1, -0.05) is 26.8 Å². The number of nitrogen functional groups attached to an aromatic ring is 1. The fraction of sp³-hybridized carbons (Fsp3) is 0.500. The van der Waals surface area contributed by atoms with Gasteiger partial charge in [0.15, 0.2) is 0 Å². The van der Waals surface area contributed by atoms with Crippen LogP contribution in [-0.4, -0.2) is 43.1 Å². The van der Waals surface area contributed by atoms with Gasteiger partial charge in [0.05, 0.1) is 11.4 Å². The Balaban J connectivity index is 2.09. The van der Waals surface area contributed by atoms with E-state index in [9.17, 15) is 0 Å². The summed E-state index contributed by atoms with van der Waals surface area (Å²) in [5, 5.41) is 3.03. The first-order valence-corrected chi connectivity index (χ1v) is 9.02. The lowest BCUT2D eigenvalue weighted by Gasteiger charge is -2.36. The predicted molar refractivity (Wildman–Crippen MR) is 100 cm³/mol. The molecule has 0 bridgehead atoms. The van der Waals surface area contributed by atoms with Crippen molar-refractivity contribution in [2.75, 3.05) is 43.9 Å². The lowest BCUT2D eigenvalue weighted by molar-refractivity contribution is 0.313. The highest BCUT2D eigenvalue weighted by Gasteiger charge is 2.25. The van der Waals surface area contributed by atoms with Crippen molar-refractivity contribution in [3.05, 3.63) is 29.3 Å². The molecule has 0 atom stereocenters. The molecule has 5 heteroatoms. The number of aromatic nitrogens is 1. The quantitative estimate of drug-likeness (QED) is 0.857. The minimum absolute atomic E-state index is 0.0375. The number of hydrogen-bond acceptors (Lipinski definition) is 5. The van der Waals surface area contributed by atoms with Gasteiger partial charge < -0.3 is 15.5 Å². The SMILES string of the molecule is CN1CCN(c2ccc(C(C)(C)C)c(-c3nccs3)c2N)CC1. The number of benzene rings is 1. The van der Waals surface area contributed by atoms with Crippen molar-refractivity contribution in [2.45, 2.75) is 26.2 Å². The molecule has 23 heavy (non-hydrogen) atoms. The van der Waals surface area contributed by atoms with Gasteiger partial charge in [0.25, 0.3) is 0 Å². The first-order chi connectivity index (χ1) is 10.9. The fourth-order valence-corrected chi connectivity index (χ4v) is 3.84. The van der Waals surface area contributed by atoms with E-state index in [2.05, 4.69) is 54.7 Å². The van der Waals surface area contributed by atoms with E-state index in [4.69, 9.17) is 5.73 Å². The van der Waals surface area contributed by atoms with Crippen LogP contribution in [0.1, 0.15) is 26.3 Å². The molecule has 0 saturated carbocycles. The van der Waals surface area contributed by atoms with Crippen molar-refractivity contribution < 1.29 is 0 Å². The number of piperazine rings is 1. The molecule has 0 radical (unpaired) electrons. The number of nitrogens with zero attached hydrogens (tertiary/aromatic N) is 3. The summed E-state index contributed by atoms with van der Waals surface area (Å²) in [5.41, 5.74) is 11.1. The zero-order valence-corrected chi connectivity index (χ0v) is 15.3. The number of likely N-dealkylation sites (N-methyl/N-ethyl adjacent to an activating group) is 1. The van der Waals surface area contributed by atoms with Gasteiger partial charge in [0.2, 0.25) is 0 Å². The molecule has 1 aromatic carbocycles. The van der Waals surface area contributed by atoms with Crippen molar-refractivity contribution in [1.82, 2.24) is 9.88 Å². The second-order valence-electron chi connectivity index (χ2n) is 7.30. The molecule has 2 heterocycles. The highest BCUT2D eigenvalue weighted by molar-refractivity contribution is 7.13. The molecule has 0 aliphatic carbocycles. The zero-order chi connectivity index (χ0) is 16.6. The third-order valence-electron chi connectivity index (χ3n) is 4.52. The van der Waals surface area contributed by atoms with E-state index in [1.165, 1.54) is 5.56 Å². The lowest BCUT2D eigenvalue weighted by atomic mass is 9.83. The van der Waals surface area contributed by atoms with Crippen LogP contribution >= 0.6 is 11.3 Å². The normalized spacial score (nSPS) is 16.8. The van der Waals surface area contributed by atoms with Crippen molar-refractivity contribution in [1.29, 1.82) is 0 Å². The monoisotopic (exact) mass is 330 g/mol. The average molecular weight is 331 g/mol. The molecule has 1 saturated heterocycles. The largest absolute Gasteiger partial charge is 0.396 e. The van der Waals surface area contributed by atoms with E-state index < -0.39 is 0 Å². The fourth-order valence-electron chi connectivity index (χ4n) is 3.13. The topological polar surface area (TPSA) is 45.4 Å². The second-order valence-corrected chi connectivity index (χ2v) is 8.19. The molecule has 1 aliphatic rings. The van der Waals surface area contributed by atoms with Gasteiger partial charge in [-0.2, -0.15) is 0 Å². The lowest BCUT2D eigenvalue weighted by Crippen LogP contribution is -2.44. The van der Waals surface area contributed by atoms with Crippen LogP contribution in [0.5, 0.6) is 0 Å². The van der Waals surface area contributed by atoms with Crippen LogP contribution in [-0.2, 0) is 5.41 Å². The number of nitrogens with two attached hydrogens (primary N) is 1. The Morgan fingerprint density at radius 2 is 1.83 bits per heavy atom. The second kappa shape index (κ2) is 6.13. The van der Waals surface area contributed by atoms with Crippen molar-refractivity contribution in [3.63, 3.8) is 0 Å². The number of thiazole rings is 1. The minimum atomic E-state index is 0.0375.